The molecule has 0 aliphatic carbocycles. The zero-order valence-electron chi connectivity index (χ0n) is 8.16. The van der Waals surface area contributed by atoms with Gasteiger partial charge in [-0.15, -0.1) is 0 Å². The highest BCUT2D eigenvalue weighted by atomic mass is 16.2. The zero-order valence-corrected chi connectivity index (χ0v) is 8.16. The number of carbonyl (C=O) groups is 1. The topological polar surface area (TPSA) is 75.0 Å². The summed E-state index contributed by atoms with van der Waals surface area (Å²) < 4.78 is 0. The van der Waals surface area contributed by atoms with Crippen LogP contribution in [0.4, 0.5) is 5.69 Å². The van der Waals surface area contributed by atoms with Crippen LogP contribution in [0.25, 0.3) is 0 Å². The highest BCUT2D eigenvalue weighted by Gasteiger charge is 2.27. The van der Waals surface area contributed by atoms with E-state index < -0.39 is 0 Å². The summed E-state index contributed by atoms with van der Waals surface area (Å²) in [5.41, 5.74) is 6.45. The van der Waals surface area contributed by atoms with Crippen molar-refractivity contribution in [3.05, 3.63) is 11.9 Å². The van der Waals surface area contributed by atoms with Crippen molar-refractivity contribution in [2.75, 3.05) is 12.3 Å². The van der Waals surface area contributed by atoms with Gasteiger partial charge < -0.3 is 10.6 Å². The molecule has 0 aromatic carbocycles. The summed E-state index contributed by atoms with van der Waals surface area (Å²) in [6, 6.07) is 0.310. The molecule has 5 heteroatoms. The van der Waals surface area contributed by atoms with Crippen LogP contribution >= 0.6 is 0 Å². The van der Waals surface area contributed by atoms with E-state index in [0.717, 1.165) is 19.4 Å². The summed E-state index contributed by atoms with van der Waals surface area (Å²) in [6.45, 7) is 2.87. The minimum Gasteiger partial charge on any atom is -0.396 e. The van der Waals surface area contributed by atoms with E-state index in [1.165, 1.54) is 6.20 Å². The highest BCUT2D eigenvalue weighted by molar-refractivity contribution is 5.97. The van der Waals surface area contributed by atoms with Gasteiger partial charge in [-0.1, -0.05) is 0 Å². The van der Waals surface area contributed by atoms with Gasteiger partial charge in [0, 0.05) is 12.6 Å². The Morgan fingerprint density at radius 2 is 2.57 bits per heavy atom. The van der Waals surface area contributed by atoms with Gasteiger partial charge in [-0.2, -0.15) is 5.10 Å². The Bertz CT molecular complexity index is 346. The minimum atomic E-state index is -0.0370. The Labute approximate surface area is 82.3 Å². The maximum Gasteiger partial charge on any atom is 0.274 e. The van der Waals surface area contributed by atoms with Gasteiger partial charge in [0.2, 0.25) is 0 Å². The number of carbonyl (C=O) groups excluding carboxylic acids is 1. The van der Waals surface area contributed by atoms with Crippen LogP contribution in [0.3, 0.4) is 0 Å². The molecule has 1 aromatic rings. The van der Waals surface area contributed by atoms with Crippen LogP contribution in [0.5, 0.6) is 0 Å². The van der Waals surface area contributed by atoms with Gasteiger partial charge >= 0.3 is 0 Å². The quantitative estimate of drug-likeness (QED) is 0.688. The molecule has 0 bridgehead atoms. The zero-order chi connectivity index (χ0) is 10.1. The fourth-order valence-electron chi connectivity index (χ4n) is 1.85. The number of nitrogens with zero attached hydrogens (tertiary/aromatic N) is 2. The SMILES string of the molecule is CC1CCCN1C(=O)c1[nH]ncc1N. The number of aromatic nitrogens is 2. The van der Waals surface area contributed by atoms with Gasteiger partial charge in [-0.25, -0.2) is 0 Å². The molecule has 1 saturated heterocycles. The number of anilines is 1. The van der Waals surface area contributed by atoms with Crippen LogP contribution in [0.15, 0.2) is 6.20 Å². The predicted molar refractivity (Wildman–Crippen MR) is 52.7 cm³/mol. The fourth-order valence-corrected chi connectivity index (χ4v) is 1.85. The van der Waals surface area contributed by atoms with Crippen molar-refractivity contribution >= 4 is 11.6 Å². The molecule has 1 aromatic heterocycles. The van der Waals surface area contributed by atoms with Crippen molar-refractivity contribution in [3.8, 4) is 0 Å². The number of H-pyrrole nitrogens is 1. The molecule has 14 heavy (non-hydrogen) atoms. The first-order valence-corrected chi connectivity index (χ1v) is 4.80. The molecule has 0 spiro atoms. The van der Waals surface area contributed by atoms with E-state index >= 15 is 0 Å². The molecule has 1 atom stereocenters. The number of rotatable bonds is 1. The second kappa shape index (κ2) is 3.32. The van der Waals surface area contributed by atoms with Crippen LogP contribution in [0.2, 0.25) is 0 Å². The van der Waals surface area contributed by atoms with E-state index in [1.807, 2.05) is 4.90 Å². The van der Waals surface area contributed by atoms with Crippen molar-refractivity contribution < 1.29 is 4.79 Å². The van der Waals surface area contributed by atoms with Gasteiger partial charge in [0.15, 0.2) is 0 Å². The molecule has 2 rings (SSSR count). The average molecular weight is 194 g/mol. The van der Waals surface area contributed by atoms with E-state index in [-0.39, 0.29) is 5.91 Å². The van der Waals surface area contributed by atoms with Crippen molar-refractivity contribution in [1.82, 2.24) is 15.1 Å². The Kier molecular flexibility index (Phi) is 2.15. The number of likely N-dealkylation sites (tertiary alicyclic amines) is 1. The lowest BCUT2D eigenvalue weighted by molar-refractivity contribution is 0.0742. The van der Waals surface area contributed by atoms with E-state index in [0.29, 0.717) is 17.4 Å². The molecular formula is C9H14N4O. The number of nitrogens with two attached hydrogens (primary N) is 1. The van der Waals surface area contributed by atoms with E-state index in [2.05, 4.69) is 17.1 Å². The Hall–Kier alpha value is -1.52. The number of hydrogen-bond acceptors (Lipinski definition) is 3. The molecule has 2 heterocycles. The second-order valence-electron chi connectivity index (χ2n) is 3.69. The predicted octanol–water partition coefficient (Wildman–Crippen LogP) is 0.616. The number of hydrogen-bond donors (Lipinski definition) is 2. The largest absolute Gasteiger partial charge is 0.396 e. The van der Waals surface area contributed by atoms with Gasteiger partial charge in [0.25, 0.3) is 5.91 Å². The third kappa shape index (κ3) is 1.34. The van der Waals surface area contributed by atoms with E-state index in [1.54, 1.807) is 0 Å². The lowest BCUT2D eigenvalue weighted by atomic mass is 10.2. The van der Waals surface area contributed by atoms with Crippen molar-refractivity contribution in [2.45, 2.75) is 25.8 Å². The first-order valence-electron chi connectivity index (χ1n) is 4.80. The van der Waals surface area contributed by atoms with Gasteiger partial charge in [0.1, 0.15) is 5.69 Å². The van der Waals surface area contributed by atoms with E-state index in [4.69, 9.17) is 5.73 Å². The molecule has 1 amide bonds. The molecule has 1 unspecified atom stereocenters. The van der Waals surface area contributed by atoms with Crippen LogP contribution < -0.4 is 5.73 Å². The maximum atomic E-state index is 11.9. The maximum absolute atomic E-state index is 11.9. The first-order chi connectivity index (χ1) is 6.70. The second-order valence-corrected chi connectivity index (χ2v) is 3.69. The van der Waals surface area contributed by atoms with Crippen LogP contribution in [0, 0.1) is 0 Å². The minimum absolute atomic E-state index is 0.0370. The molecule has 76 valence electrons. The van der Waals surface area contributed by atoms with Gasteiger partial charge in [-0.3, -0.25) is 9.89 Å². The third-order valence-electron chi connectivity index (χ3n) is 2.70. The summed E-state index contributed by atoms with van der Waals surface area (Å²) in [5, 5.41) is 6.38. The molecule has 1 fully saturated rings. The van der Waals surface area contributed by atoms with Crippen molar-refractivity contribution in [3.63, 3.8) is 0 Å². The Morgan fingerprint density at radius 3 is 3.07 bits per heavy atom. The normalized spacial score (nSPS) is 21.5. The molecule has 1 aliphatic heterocycles. The monoisotopic (exact) mass is 194 g/mol. The standard InChI is InChI=1S/C9H14N4O/c1-6-3-2-4-13(6)9(14)8-7(10)5-11-12-8/h5-6H,2-4,10H2,1H3,(H,11,12). The van der Waals surface area contributed by atoms with Crippen LogP contribution in [-0.4, -0.2) is 33.6 Å². The molecular weight excluding hydrogens is 180 g/mol. The Morgan fingerprint density at radius 1 is 1.79 bits per heavy atom. The van der Waals surface area contributed by atoms with Gasteiger partial charge in [0.05, 0.1) is 11.9 Å². The van der Waals surface area contributed by atoms with Crippen molar-refractivity contribution in [2.24, 2.45) is 0 Å². The molecule has 5 nitrogen and oxygen atoms in total. The van der Waals surface area contributed by atoms with Gasteiger partial charge in [-0.05, 0) is 19.8 Å². The van der Waals surface area contributed by atoms with Crippen molar-refractivity contribution in [1.29, 1.82) is 0 Å². The number of amides is 1. The number of aromatic amines is 1. The lowest BCUT2D eigenvalue weighted by Crippen LogP contribution is -2.34. The molecule has 0 radical (unpaired) electrons. The fraction of sp³-hybridized carbons (Fsp3) is 0.556. The van der Waals surface area contributed by atoms with E-state index in [9.17, 15) is 4.79 Å². The molecule has 3 N–H and O–H groups in total. The number of nitrogens with one attached hydrogen (secondary N) is 1. The Balaban J connectivity index is 2.20. The van der Waals surface area contributed by atoms with Crippen LogP contribution in [-0.2, 0) is 0 Å². The first kappa shape index (κ1) is 9.05. The summed E-state index contributed by atoms with van der Waals surface area (Å²) in [7, 11) is 0. The summed E-state index contributed by atoms with van der Waals surface area (Å²) in [6.07, 6.45) is 3.61. The average Bonchev–Trinajstić information content (AvgIpc) is 2.73. The number of nitrogen functional groups attached to an aromatic ring is 1. The highest BCUT2D eigenvalue weighted by Crippen LogP contribution is 2.20. The summed E-state index contributed by atoms with van der Waals surface area (Å²) in [4.78, 5) is 13.8. The summed E-state index contributed by atoms with van der Waals surface area (Å²) >= 11 is 0. The van der Waals surface area contributed by atoms with Crippen LogP contribution in [0.1, 0.15) is 30.3 Å². The third-order valence-corrected chi connectivity index (χ3v) is 2.70. The molecule has 1 aliphatic rings. The molecule has 0 saturated carbocycles. The summed E-state index contributed by atoms with van der Waals surface area (Å²) in [5.74, 6) is -0.0370. The lowest BCUT2D eigenvalue weighted by Gasteiger charge is -2.20. The smallest absolute Gasteiger partial charge is 0.274 e.